The number of alkyl halides is 6. The first-order valence-electron chi connectivity index (χ1n) is 12.2. The Labute approximate surface area is 240 Å². The summed E-state index contributed by atoms with van der Waals surface area (Å²) in [6, 6.07) is 8.11. The van der Waals surface area contributed by atoms with Crippen LogP contribution >= 0.6 is 23.2 Å². The Hall–Kier alpha value is -3.44. The molecular weight excluding hydrogens is 597 g/mol. The minimum Gasteiger partial charge on any atom is -0.465 e. The van der Waals surface area contributed by atoms with Gasteiger partial charge in [0.15, 0.2) is 0 Å². The van der Waals surface area contributed by atoms with Crippen LogP contribution in [0.2, 0.25) is 10.0 Å². The van der Waals surface area contributed by atoms with E-state index in [1.54, 1.807) is 24.3 Å². The lowest BCUT2D eigenvalue weighted by atomic mass is 9.84. The molecule has 0 saturated carbocycles. The number of likely N-dealkylation sites (N-methyl/N-ethyl adjacent to an activating group) is 1. The highest BCUT2D eigenvalue weighted by atomic mass is 35.5. The zero-order valence-electron chi connectivity index (χ0n) is 21.3. The van der Waals surface area contributed by atoms with Gasteiger partial charge in [0, 0.05) is 43.7 Å². The molecule has 0 bridgehead atoms. The lowest BCUT2D eigenvalue weighted by Crippen LogP contribution is -2.51. The molecule has 41 heavy (non-hydrogen) atoms. The van der Waals surface area contributed by atoms with E-state index in [0.29, 0.717) is 23.5 Å². The first-order valence-corrected chi connectivity index (χ1v) is 12.9. The van der Waals surface area contributed by atoms with Crippen LogP contribution < -0.4 is 0 Å². The summed E-state index contributed by atoms with van der Waals surface area (Å²) in [5, 5.41) is 0.455. The first-order chi connectivity index (χ1) is 19.1. The molecule has 1 aliphatic rings. The minimum absolute atomic E-state index is 0.0321. The first kappa shape index (κ1) is 30.5. The number of furan rings is 1. The molecule has 2 atom stereocenters. The highest BCUT2D eigenvalue weighted by molar-refractivity contribution is 6.42. The van der Waals surface area contributed by atoms with Gasteiger partial charge in [-0.2, -0.15) is 26.3 Å². The molecule has 0 unspecified atom stereocenters. The van der Waals surface area contributed by atoms with Crippen molar-refractivity contribution in [3.63, 3.8) is 0 Å². The Morgan fingerprint density at radius 1 is 0.976 bits per heavy atom. The molecule has 13 heteroatoms. The van der Waals surface area contributed by atoms with Crippen LogP contribution in [0.1, 0.15) is 45.1 Å². The third kappa shape index (κ3) is 7.08. The van der Waals surface area contributed by atoms with Crippen molar-refractivity contribution in [1.82, 2.24) is 9.80 Å². The van der Waals surface area contributed by atoms with Crippen LogP contribution in [0.5, 0.6) is 0 Å². The number of nitrogens with zero attached hydrogens (tertiary/aromatic N) is 2. The summed E-state index contributed by atoms with van der Waals surface area (Å²) >= 11 is 12.3. The number of hydrogen-bond donors (Lipinski definition) is 0. The largest absolute Gasteiger partial charge is 0.465 e. The highest BCUT2D eigenvalue weighted by Crippen LogP contribution is 2.38. The van der Waals surface area contributed by atoms with Gasteiger partial charge in [-0.25, -0.2) is 0 Å². The summed E-state index contributed by atoms with van der Waals surface area (Å²) in [5.74, 6) is -1.53. The van der Waals surface area contributed by atoms with Crippen LogP contribution in [-0.2, 0) is 17.1 Å². The van der Waals surface area contributed by atoms with Crippen molar-refractivity contribution in [3.8, 4) is 0 Å². The molecule has 2 heterocycles. The van der Waals surface area contributed by atoms with Crippen molar-refractivity contribution in [3.05, 3.63) is 98.9 Å². The molecule has 2 aromatic carbocycles. The molecule has 1 aromatic heterocycles. The zero-order valence-corrected chi connectivity index (χ0v) is 22.8. The smallest absolute Gasteiger partial charge is 0.416 e. The molecule has 1 aliphatic heterocycles. The molecule has 3 aromatic rings. The van der Waals surface area contributed by atoms with Crippen molar-refractivity contribution in [2.75, 3.05) is 20.1 Å². The van der Waals surface area contributed by atoms with Crippen molar-refractivity contribution in [1.29, 1.82) is 0 Å². The van der Waals surface area contributed by atoms with Crippen LogP contribution in [0.25, 0.3) is 6.08 Å². The van der Waals surface area contributed by atoms with E-state index in [-0.39, 0.29) is 41.5 Å². The monoisotopic (exact) mass is 618 g/mol. The van der Waals surface area contributed by atoms with E-state index < -0.39 is 46.9 Å². The van der Waals surface area contributed by atoms with Crippen molar-refractivity contribution < 1.29 is 40.3 Å². The lowest BCUT2D eigenvalue weighted by molar-refractivity contribution is -0.143. The summed E-state index contributed by atoms with van der Waals surface area (Å²) in [6.07, 6.45) is -5.77. The van der Waals surface area contributed by atoms with E-state index in [1.165, 1.54) is 36.4 Å². The number of carbonyl (C=O) groups is 2. The Bertz CT molecular complexity index is 1420. The molecular formula is C28H22Cl2F6N2O3. The maximum absolute atomic E-state index is 13.4. The molecule has 0 spiro atoms. The highest BCUT2D eigenvalue weighted by Gasteiger charge is 2.40. The van der Waals surface area contributed by atoms with E-state index in [4.69, 9.17) is 27.6 Å². The van der Waals surface area contributed by atoms with Crippen molar-refractivity contribution in [2.24, 2.45) is 0 Å². The predicted molar refractivity (Wildman–Crippen MR) is 140 cm³/mol. The zero-order chi connectivity index (χ0) is 30.1. The number of carbonyl (C=O) groups excluding carboxylic acids is 2. The molecule has 2 amide bonds. The molecule has 218 valence electrons. The topological polar surface area (TPSA) is 53.8 Å². The Morgan fingerprint density at radius 3 is 2.20 bits per heavy atom. The van der Waals surface area contributed by atoms with Crippen LogP contribution in [0.3, 0.4) is 0 Å². The average molecular weight is 619 g/mol. The van der Waals surface area contributed by atoms with E-state index in [9.17, 15) is 35.9 Å². The third-order valence-corrected chi connectivity index (χ3v) is 7.58. The number of likely N-dealkylation sites (tertiary alicyclic amines) is 1. The van der Waals surface area contributed by atoms with Crippen LogP contribution in [0, 0.1) is 0 Å². The molecule has 0 radical (unpaired) electrons. The van der Waals surface area contributed by atoms with Gasteiger partial charge in [-0.3, -0.25) is 9.59 Å². The summed E-state index contributed by atoms with van der Waals surface area (Å²) in [5.41, 5.74) is -3.36. The Balaban J connectivity index is 1.67. The Morgan fingerprint density at radius 2 is 1.63 bits per heavy atom. The molecule has 1 saturated heterocycles. The fourth-order valence-corrected chi connectivity index (χ4v) is 5.06. The minimum atomic E-state index is -5.10. The standard InChI is InChI=1S/C28H22Cl2F6N2O3/c1-37(26(40)17-11-18(27(31,32)33)14-19(12-17)28(34,35)36)24-8-9-38(25(39)7-5-20-3-2-10-41-20)15-21(24)16-4-6-22(29)23(30)13-16/h2-7,10-14,21,24H,8-9,15H2,1H3/b7-5+/t21-,24+/m0/s1. The van der Waals surface area contributed by atoms with Gasteiger partial charge in [0.25, 0.3) is 5.91 Å². The second-order valence-corrected chi connectivity index (χ2v) is 10.3. The maximum atomic E-state index is 13.4. The second kappa shape index (κ2) is 11.8. The van der Waals surface area contributed by atoms with Gasteiger partial charge in [-0.15, -0.1) is 0 Å². The SMILES string of the molecule is CN(C(=O)c1cc(C(F)(F)F)cc(C(F)(F)F)c1)[C@@H]1CCN(C(=O)/C=C/c2ccco2)C[C@H]1c1ccc(Cl)c(Cl)c1. The number of hydrogen-bond acceptors (Lipinski definition) is 3. The summed E-state index contributed by atoms with van der Waals surface area (Å²) in [6.45, 7) is 0.246. The number of rotatable bonds is 5. The molecule has 5 nitrogen and oxygen atoms in total. The van der Waals surface area contributed by atoms with Gasteiger partial charge < -0.3 is 14.2 Å². The van der Waals surface area contributed by atoms with Crippen LogP contribution in [0.4, 0.5) is 26.3 Å². The summed E-state index contributed by atoms with van der Waals surface area (Å²) in [7, 11) is 1.30. The van der Waals surface area contributed by atoms with Crippen molar-refractivity contribution in [2.45, 2.75) is 30.7 Å². The number of piperidine rings is 1. The normalized spacial score (nSPS) is 18.1. The average Bonchev–Trinajstić information content (AvgIpc) is 3.44. The molecule has 0 aliphatic carbocycles. The van der Waals surface area contributed by atoms with Crippen LogP contribution in [0.15, 0.2) is 65.3 Å². The van der Waals surface area contributed by atoms with Gasteiger partial charge in [0.05, 0.1) is 27.4 Å². The summed E-state index contributed by atoms with van der Waals surface area (Å²) in [4.78, 5) is 29.0. The van der Waals surface area contributed by atoms with E-state index in [0.717, 1.165) is 4.90 Å². The molecule has 0 N–H and O–H groups in total. The molecule has 4 rings (SSSR count). The van der Waals surface area contributed by atoms with Crippen molar-refractivity contribution >= 4 is 41.1 Å². The number of benzene rings is 2. The fraction of sp³-hybridized carbons (Fsp3) is 0.286. The van der Waals surface area contributed by atoms with Gasteiger partial charge in [-0.05, 0) is 60.5 Å². The summed E-state index contributed by atoms with van der Waals surface area (Å²) < 4.78 is 85.7. The second-order valence-electron chi connectivity index (χ2n) is 9.48. The van der Waals surface area contributed by atoms with E-state index >= 15 is 0 Å². The van der Waals surface area contributed by atoms with E-state index in [1.807, 2.05) is 0 Å². The number of halogens is 8. The van der Waals surface area contributed by atoms with E-state index in [2.05, 4.69) is 0 Å². The maximum Gasteiger partial charge on any atom is 0.416 e. The fourth-order valence-electron chi connectivity index (χ4n) is 4.75. The lowest BCUT2D eigenvalue weighted by Gasteiger charge is -2.43. The molecule has 1 fully saturated rings. The van der Waals surface area contributed by atoms with Gasteiger partial charge in [-0.1, -0.05) is 29.3 Å². The van der Waals surface area contributed by atoms with Gasteiger partial charge in [0.1, 0.15) is 5.76 Å². The number of amides is 2. The quantitative estimate of drug-likeness (QED) is 0.217. The van der Waals surface area contributed by atoms with Crippen LogP contribution in [-0.4, -0.2) is 47.8 Å². The van der Waals surface area contributed by atoms with Gasteiger partial charge >= 0.3 is 12.4 Å². The Kier molecular flexibility index (Phi) is 8.79. The third-order valence-electron chi connectivity index (χ3n) is 6.85. The van der Waals surface area contributed by atoms with Gasteiger partial charge in [0.2, 0.25) is 5.91 Å². The predicted octanol–water partition coefficient (Wildman–Crippen LogP) is 7.79.